The molecule has 1 heterocycles. The lowest BCUT2D eigenvalue weighted by Gasteiger charge is -2.45. The summed E-state index contributed by atoms with van der Waals surface area (Å²) < 4.78 is 0. The summed E-state index contributed by atoms with van der Waals surface area (Å²) in [5, 5.41) is 0. The summed E-state index contributed by atoms with van der Waals surface area (Å²) in [6.45, 7) is 6.06. The Morgan fingerprint density at radius 2 is 2.05 bits per heavy atom. The second kappa shape index (κ2) is 7.46. The van der Waals surface area contributed by atoms with E-state index in [1.807, 2.05) is 0 Å². The Labute approximate surface area is 136 Å². The number of benzene rings is 1. The molecule has 120 valence electrons. The third kappa shape index (κ3) is 3.30. The van der Waals surface area contributed by atoms with Gasteiger partial charge in [0, 0.05) is 12.0 Å². The lowest BCUT2D eigenvalue weighted by molar-refractivity contribution is 0.110. The van der Waals surface area contributed by atoms with E-state index in [1.165, 1.54) is 64.6 Å². The van der Waals surface area contributed by atoms with Crippen molar-refractivity contribution in [3.8, 4) is 0 Å². The van der Waals surface area contributed by atoms with Crippen LogP contribution in [0.1, 0.15) is 57.4 Å². The summed E-state index contributed by atoms with van der Waals surface area (Å²) >= 11 is 0. The van der Waals surface area contributed by atoms with E-state index < -0.39 is 0 Å². The molecule has 0 radical (unpaired) electrons. The van der Waals surface area contributed by atoms with Crippen LogP contribution in [0.4, 0.5) is 0 Å². The van der Waals surface area contributed by atoms with Gasteiger partial charge < -0.3 is 4.90 Å². The van der Waals surface area contributed by atoms with E-state index in [0.717, 1.165) is 5.92 Å². The summed E-state index contributed by atoms with van der Waals surface area (Å²) in [4.78, 5) is 2.74. The number of fused-ring (bicyclic) bond motifs is 1. The standard InChI is InChI=1S/C21H31N/c1-2-3-4-5-9-16-22-17-15-21(14-10-13-20(21)18-22)19-11-7-6-8-12-19/h2-3,6-8,11-12,20H,4-5,9-10,13-18H2,1H3/b3-2+. The Balaban J connectivity index is 1.57. The monoisotopic (exact) mass is 297 g/mol. The van der Waals surface area contributed by atoms with E-state index in [9.17, 15) is 0 Å². The lowest BCUT2D eigenvalue weighted by Crippen LogP contribution is -2.47. The minimum Gasteiger partial charge on any atom is -0.303 e. The number of piperidine rings is 1. The molecule has 1 aromatic rings. The largest absolute Gasteiger partial charge is 0.303 e. The molecule has 1 nitrogen and oxygen atoms in total. The van der Waals surface area contributed by atoms with Crippen molar-refractivity contribution in [2.45, 2.75) is 57.3 Å². The van der Waals surface area contributed by atoms with Crippen LogP contribution in [0, 0.1) is 5.92 Å². The Morgan fingerprint density at radius 1 is 1.18 bits per heavy atom. The van der Waals surface area contributed by atoms with Crippen LogP contribution >= 0.6 is 0 Å². The van der Waals surface area contributed by atoms with Crippen molar-refractivity contribution in [2.75, 3.05) is 19.6 Å². The van der Waals surface area contributed by atoms with Gasteiger partial charge in [-0.05, 0) is 70.0 Å². The molecule has 1 heteroatoms. The zero-order chi connectivity index (χ0) is 15.3. The SMILES string of the molecule is C/C=C/CCCCN1CCC2(c3ccccc3)CCCC2C1. The summed E-state index contributed by atoms with van der Waals surface area (Å²) in [6, 6.07) is 11.4. The maximum absolute atomic E-state index is 2.74. The van der Waals surface area contributed by atoms with Crippen molar-refractivity contribution >= 4 is 0 Å². The van der Waals surface area contributed by atoms with Crippen LogP contribution in [0.25, 0.3) is 0 Å². The summed E-state index contributed by atoms with van der Waals surface area (Å²) in [5.74, 6) is 0.888. The molecule has 3 rings (SSSR count). The number of rotatable bonds is 6. The van der Waals surface area contributed by atoms with Crippen LogP contribution in [-0.2, 0) is 5.41 Å². The van der Waals surface area contributed by atoms with Crippen molar-refractivity contribution in [3.63, 3.8) is 0 Å². The van der Waals surface area contributed by atoms with Gasteiger partial charge in [0.2, 0.25) is 0 Å². The minimum absolute atomic E-state index is 0.503. The predicted molar refractivity (Wildman–Crippen MR) is 95.2 cm³/mol. The highest BCUT2D eigenvalue weighted by Crippen LogP contribution is 2.50. The first kappa shape index (κ1) is 15.8. The highest BCUT2D eigenvalue weighted by atomic mass is 15.1. The van der Waals surface area contributed by atoms with Crippen molar-refractivity contribution in [3.05, 3.63) is 48.0 Å². The molecular weight excluding hydrogens is 266 g/mol. The number of likely N-dealkylation sites (tertiary alicyclic amines) is 1. The highest BCUT2D eigenvalue weighted by Gasteiger charge is 2.46. The van der Waals surface area contributed by atoms with Crippen molar-refractivity contribution < 1.29 is 0 Å². The third-order valence-corrected chi connectivity index (χ3v) is 5.99. The van der Waals surface area contributed by atoms with Crippen LogP contribution in [-0.4, -0.2) is 24.5 Å². The van der Waals surface area contributed by atoms with Crippen molar-refractivity contribution in [1.82, 2.24) is 4.90 Å². The molecule has 1 saturated heterocycles. The van der Waals surface area contributed by atoms with Gasteiger partial charge in [0.1, 0.15) is 0 Å². The first-order valence-electron chi connectivity index (χ1n) is 9.24. The van der Waals surface area contributed by atoms with Gasteiger partial charge in [-0.3, -0.25) is 0 Å². The zero-order valence-electron chi connectivity index (χ0n) is 14.1. The molecule has 0 N–H and O–H groups in total. The van der Waals surface area contributed by atoms with E-state index in [1.54, 1.807) is 5.56 Å². The molecule has 0 spiro atoms. The van der Waals surface area contributed by atoms with Gasteiger partial charge >= 0.3 is 0 Å². The number of hydrogen-bond donors (Lipinski definition) is 0. The molecule has 0 aromatic heterocycles. The fourth-order valence-corrected chi connectivity index (χ4v) is 4.76. The quantitative estimate of drug-likeness (QED) is 0.517. The summed E-state index contributed by atoms with van der Waals surface area (Å²) in [5.41, 5.74) is 2.12. The van der Waals surface area contributed by atoms with Crippen LogP contribution in [0.5, 0.6) is 0 Å². The molecule has 0 bridgehead atoms. The molecule has 0 amide bonds. The van der Waals surface area contributed by atoms with Crippen molar-refractivity contribution in [2.24, 2.45) is 5.92 Å². The lowest BCUT2D eigenvalue weighted by atomic mass is 9.68. The van der Waals surface area contributed by atoms with E-state index in [-0.39, 0.29) is 0 Å². The van der Waals surface area contributed by atoms with Gasteiger partial charge in [-0.25, -0.2) is 0 Å². The number of hydrogen-bond acceptors (Lipinski definition) is 1. The summed E-state index contributed by atoms with van der Waals surface area (Å²) in [7, 11) is 0. The zero-order valence-corrected chi connectivity index (χ0v) is 14.1. The number of allylic oxidation sites excluding steroid dienone is 2. The Kier molecular flexibility index (Phi) is 5.36. The van der Waals surface area contributed by atoms with Gasteiger partial charge in [0.05, 0.1) is 0 Å². The smallest absolute Gasteiger partial charge is 0.00182 e. The molecule has 1 aromatic carbocycles. The Bertz CT molecular complexity index is 478. The average Bonchev–Trinajstić information content (AvgIpc) is 3.00. The highest BCUT2D eigenvalue weighted by molar-refractivity contribution is 5.29. The number of nitrogens with zero attached hydrogens (tertiary/aromatic N) is 1. The maximum Gasteiger partial charge on any atom is 0.00182 e. The molecule has 2 unspecified atom stereocenters. The van der Waals surface area contributed by atoms with E-state index >= 15 is 0 Å². The van der Waals surface area contributed by atoms with Gasteiger partial charge in [0.15, 0.2) is 0 Å². The Hall–Kier alpha value is -1.08. The van der Waals surface area contributed by atoms with E-state index in [0.29, 0.717) is 5.41 Å². The predicted octanol–water partition coefficient (Wildman–Crippen LogP) is 5.18. The Morgan fingerprint density at radius 3 is 2.86 bits per heavy atom. The molecule has 2 fully saturated rings. The van der Waals surface area contributed by atoms with Crippen LogP contribution < -0.4 is 0 Å². The summed E-state index contributed by atoms with van der Waals surface area (Å²) in [6.07, 6.45) is 14.1. The van der Waals surface area contributed by atoms with Gasteiger partial charge in [-0.2, -0.15) is 0 Å². The second-order valence-electron chi connectivity index (χ2n) is 7.23. The average molecular weight is 297 g/mol. The van der Waals surface area contributed by atoms with Gasteiger partial charge in [-0.1, -0.05) is 48.9 Å². The maximum atomic E-state index is 2.74. The van der Waals surface area contributed by atoms with Crippen molar-refractivity contribution in [1.29, 1.82) is 0 Å². The minimum atomic E-state index is 0.503. The molecule has 1 aliphatic carbocycles. The fourth-order valence-electron chi connectivity index (χ4n) is 4.76. The van der Waals surface area contributed by atoms with Gasteiger partial charge in [-0.15, -0.1) is 0 Å². The third-order valence-electron chi connectivity index (χ3n) is 5.99. The van der Waals surface area contributed by atoms with E-state index in [2.05, 4.69) is 54.3 Å². The van der Waals surface area contributed by atoms with E-state index in [4.69, 9.17) is 0 Å². The first-order valence-corrected chi connectivity index (χ1v) is 9.24. The normalized spacial score (nSPS) is 29.0. The van der Waals surface area contributed by atoms with Crippen LogP contribution in [0.3, 0.4) is 0 Å². The van der Waals surface area contributed by atoms with Gasteiger partial charge in [0.25, 0.3) is 0 Å². The topological polar surface area (TPSA) is 3.24 Å². The molecule has 1 saturated carbocycles. The van der Waals surface area contributed by atoms with Crippen LogP contribution in [0.15, 0.2) is 42.5 Å². The molecule has 1 aliphatic heterocycles. The fraction of sp³-hybridized carbons (Fsp3) is 0.619. The second-order valence-corrected chi connectivity index (χ2v) is 7.23. The number of unbranched alkanes of at least 4 members (excludes halogenated alkanes) is 2. The van der Waals surface area contributed by atoms with Crippen LogP contribution in [0.2, 0.25) is 0 Å². The first-order chi connectivity index (χ1) is 10.8. The molecule has 2 aliphatic rings. The molecular formula is C21H31N. The molecule has 2 atom stereocenters. The molecule has 22 heavy (non-hydrogen) atoms.